The summed E-state index contributed by atoms with van der Waals surface area (Å²) in [6, 6.07) is -0.265. The van der Waals surface area contributed by atoms with E-state index in [0.717, 1.165) is 25.8 Å². The Morgan fingerprint density at radius 2 is 2.29 bits per heavy atom. The first-order valence-electron chi connectivity index (χ1n) is 5.83. The summed E-state index contributed by atoms with van der Waals surface area (Å²) < 4.78 is 4.71. The molecule has 0 unspecified atom stereocenters. The Balaban J connectivity index is 2.34. The predicted octanol–water partition coefficient (Wildman–Crippen LogP) is 0.369. The van der Waals surface area contributed by atoms with E-state index in [1.807, 2.05) is 4.90 Å². The molecule has 0 aromatic heterocycles. The van der Waals surface area contributed by atoms with Gasteiger partial charge < -0.3 is 10.1 Å². The van der Waals surface area contributed by atoms with Crippen molar-refractivity contribution in [3.8, 4) is 0 Å². The van der Waals surface area contributed by atoms with Crippen molar-refractivity contribution in [3.63, 3.8) is 0 Å². The lowest BCUT2D eigenvalue weighted by Gasteiger charge is -2.21. The number of likely N-dealkylation sites (tertiary alicyclic amines) is 1. The van der Waals surface area contributed by atoms with Crippen LogP contribution in [0.25, 0.3) is 0 Å². The zero-order chi connectivity index (χ0) is 12.7. The molecule has 0 spiro atoms. The number of alkyl halides is 1. The monoisotopic (exact) mass is 262 g/mol. The topological polar surface area (TPSA) is 58.6 Å². The lowest BCUT2D eigenvalue weighted by Crippen LogP contribution is -2.43. The number of nitrogens with one attached hydrogen (secondary N) is 1. The van der Waals surface area contributed by atoms with Gasteiger partial charge in [-0.1, -0.05) is 0 Å². The Bertz CT molecular complexity index is 273. The largest absolute Gasteiger partial charge is 0.468 e. The zero-order valence-corrected chi connectivity index (χ0v) is 10.8. The van der Waals surface area contributed by atoms with Crippen molar-refractivity contribution in [1.29, 1.82) is 0 Å². The van der Waals surface area contributed by atoms with Crippen LogP contribution >= 0.6 is 11.6 Å². The van der Waals surface area contributed by atoms with E-state index in [1.165, 1.54) is 7.11 Å². The highest BCUT2D eigenvalue weighted by molar-refractivity contribution is 6.17. The molecule has 1 saturated heterocycles. The second-order valence-corrected chi connectivity index (χ2v) is 4.42. The van der Waals surface area contributed by atoms with E-state index < -0.39 is 0 Å². The molecule has 0 bridgehead atoms. The van der Waals surface area contributed by atoms with Crippen LogP contribution in [0.2, 0.25) is 0 Å². The molecule has 1 heterocycles. The van der Waals surface area contributed by atoms with Crippen LogP contribution in [0, 0.1) is 0 Å². The van der Waals surface area contributed by atoms with Gasteiger partial charge in [-0.05, 0) is 25.8 Å². The van der Waals surface area contributed by atoms with Gasteiger partial charge >= 0.3 is 5.97 Å². The van der Waals surface area contributed by atoms with Crippen LogP contribution in [-0.4, -0.2) is 55.4 Å². The summed E-state index contributed by atoms with van der Waals surface area (Å²) >= 11 is 5.52. The maximum absolute atomic E-state index is 11.6. The molecule has 0 aromatic carbocycles. The van der Waals surface area contributed by atoms with Gasteiger partial charge in [-0.2, -0.15) is 0 Å². The summed E-state index contributed by atoms with van der Waals surface area (Å²) in [5.74, 6) is 0.219. The fourth-order valence-electron chi connectivity index (χ4n) is 1.95. The van der Waals surface area contributed by atoms with E-state index in [0.29, 0.717) is 12.4 Å². The number of esters is 1. The molecule has 6 heteroatoms. The number of carbonyl (C=O) groups is 2. The number of halogens is 1. The van der Waals surface area contributed by atoms with E-state index in [4.69, 9.17) is 16.3 Å². The first-order chi connectivity index (χ1) is 8.19. The highest BCUT2D eigenvalue weighted by Crippen LogP contribution is 2.17. The average molecular weight is 263 g/mol. The van der Waals surface area contributed by atoms with E-state index in [1.54, 1.807) is 0 Å². The molecular formula is C11H19ClN2O3. The standard InChI is InChI=1S/C11H19ClN2O3/c1-17-11(16)9-4-2-7-14(9)8-10(15)13-6-3-5-12/h9H,2-8H2,1H3,(H,13,15)/t9-/m0/s1. The molecular weight excluding hydrogens is 244 g/mol. The maximum atomic E-state index is 11.6. The number of carbonyl (C=O) groups excluding carboxylic acids is 2. The Morgan fingerprint density at radius 1 is 1.53 bits per heavy atom. The van der Waals surface area contributed by atoms with Gasteiger partial charge in [-0.25, -0.2) is 0 Å². The number of hydrogen-bond donors (Lipinski definition) is 1. The minimum atomic E-state index is -0.265. The van der Waals surface area contributed by atoms with Crippen LogP contribution in [0.3, 0.4) is 0 Å². The molecule has 1 rings (SSSR count). The summed E-state index contributed by atoms with van der Waals surface area (Å²) in [4.78, 5) is 24.9. The second kappa shape index (κ2) is 7.50. The van der Waals surface area contributed by atoms with Crippen molar-refractivity contribution in [2.75, 3.05) is 32.6 Å². The van der Waals surface area contributed by atoms with Gasteiger partial charge in [-0.3, -0.25) is 14.5 Å². The minimum absolute atomic E-state index is 0.0640. The van der Waals surface area contributed by atoms with E-state index in [-0.39, 0.29) is 24.5 Å². The zero-order valence-electron chi connectivity index (χ0n) is 10.1. The number of methoxy groups -OCH3 is 1. The lowest BCUT2D eigenvalue weighted by atomic mass is 10.2. The van der Waals surface area contributed by atoms with Gasteiger partial charge in [0, 0.05) is 12.4 Å². The van der Waals surface area contributed by atoms with Crippen molar-refractivity contribution >= 4 is 23.5 Å². The van der Waals surface area contributed by atoms with Gasteiger partial charge in [0.05, 0.1) is 13.7 Å². The van der Waals surface area contributed by atoms with E-state index in [9.17, 15) is 9.59 Å². The lowest BCUT2D eigenvalue weighted by molar-refractivity contribution is -0.146. The Hall–Kier alpha value is -0.810. The Labute approximate surface area is 106 Å². The van der Waals surface area contributed by atoms with Gasteiger partial charge in [0.2, 0.25) is 5.91 Å². The molecule has 1 aliphatic heterocycles. The van der Waals surface area contributed by atoms with Crippen molar-refractivity contribution in [3.05, 3.63) is 0 Å². The Morgan fingerprint density at radius 3 is 2.94 bits per heavy atom. The fraction of sp³-hybridized carbons (Fsp3) is 0.818. The van der Waals surface area contributed by atoms with Crippen molar-refractivity contribution in [2.45, 2.75) is 25.3 Å². The summed E-state index contributed by atoms with van der Waals surface area (Å²) in [5, 5.41) is 2.77. The molecule has 1 fully saturated rings. The van der Waals surface area contributed by atoms with Crippen molar-refractivity contribution in [2.24, 2.45) is 0 Å². The van der Waals surface area contributed by atoms with Crippen molar-refractivity contribution < 1.29 is 14.3 Å². The summed E-state index contributed by atoms with van der Waals surface area (Å²) in [5.41, 5.74) is 0. The molecule has 1 N–H and O–H groups in total. The molecule has 1 aliphatic rings. The first-order valence-corrected chi connectivity index (χ1v) is 6.37. The number of nitrogens with zero attached hydrogens (tertiary/aromatic N) is 1. The van der Waals surface area contributed by atoms with E-state index >= 15 is 0 Å². The number of hydrogen-bond acceptors (Lipinski definition) is 4. The molecule has 0 saturated carbocycles. The number of ether oxygens (including phenoxy) is 1. The fourth-order valence-corrected chi connectivity index (χ4v) is 2.09. The smallest absolute Gasteiger partial charge is 0.323 e. The first kappa shape index (κ1) is 14.3. The number of rotatable bonds is 6. The van der Waals surface area contributed by atoms with Gasteiger partial charge in [0.1, 0.15) is 6.04 Å². The summed E-state index contributed by atoms with van der Waals surface area (Å²) in [6.45, 7) is 1.60. The summed E-state index contributed by atoms with van der Waals surface area (Å²) in [7, 11) is 1.37. The third kappa shape index (κ3) is 4.52. The number of amides is 1. The van der Waals surface area contributed by atoms with Crippen LogP contribution in [-0.2, 0) is 14.3 Å². The molecule has 0 aromatic rings. The third-order valence-corrected chi connectivity index (χ3v) is 3.08. The highest BCUT2D eigenvalue weighted by Gasteiger charge is 2.32. The van der Waals surface area contributed by atoms with Crippen LogP contribution in [0.1, 0.15) is 19.3 Å². The van der Waals surface area contributed by atoms with Crippen molar-refractivity contribution in [1.82, 2.24) is 10.2 Å². The molecule has 1 atom stereocenters. The average Bonchev–Trinajstić information content (AvgIpc) is 2.76. The highest BCUT2D eigenvalue weighted by atomic mass is 35.5. The molecule has 0 radical (unpaired) electrons. The molecule has 0 aliphatic carbocycles. The molecule has 1 amide bonds. The van der Waals surface area contributed by atoms with Gasteiger partial charge in [0.25, 0.3) is 0 Å². The van der Waals surface area contributed by atoms with Crippen LogP contribution < -0.4 is 5.32 Å². The molecule has 17 heavy (non-hydrogen) atoms. The SMILES string of the molecule is COC(=O)[C@@H]1CCCN1CC(=O)NCCCCl. The second-order valence-electron chi connectivity index (χ2n) is 4.04. The molecule has 5 nitrogen and oxygen atoms in total. The van der Waals surface area contributed by atoms with Crippen LogP contribution in [0.5, 0.6) is 0 Å². The van der Waals surface area contributed by atoms with Crippen LogP contribution in [0.15, 0.2) is 0 Å². The molecule has 98 valence electrons. The van der Waals surface area contributed by atoms with Gasteiger partial charge in [0.15, 0.2) is 0 Å². The minimum Gasteiger partial charge on any atom is -0.468 e. The van der Waals surface area contributed by atoms with E-state index in [2.05, 4.69) is 5.32 Å². The Kier molecular flexibility index (Phi) is 6.29. The predicted molar refractivity (Wildman–Crippen MR) is 65.0 cm³/mol. The van der Waals surface area contributed by atoms with Gasteiger partial charge in [-0.15, -0.1) is 11.6 Å². The quantitative estimate of drug-likeness (QED) is 0.427. The normalized spacial score (nSPS) is 20.2. The maximum Gasteiger partial charge on any atom is 0.323 e. The van der Waals surface area contributed by atoms with Crippen LogP contribution in [0.4, 0.5) is 0 Å². The third-order valence-electron chi connectivity index (χ3n) is 2.82. The summed E-state index contributed by atoms with van der Waals surface area (Å²) in [6.07, 6.45) is 2.45.